The summed E-state index contributed by atoms with van der Waals surface area (Å²) in [7, 11) is 0. The summed E-state index contributed by atoms with van der Waals surface area (Å²) in [6.07, 6.45) is 3.49. The Balaban J connectivity index is 2.30. The molecule has 0 atom stereocenters. The second kappa shape index (κ2) is 1.86. The van der Waals surface area contributed by atoms with Gasteiger partial charge < -0.3 is 4.74 Å². The van der Waals surface area contributed by atoms with Crippen molar-refractivity contribution in [2.24, 2.45) is 0 Å². The summed E-state index contributed by atoms with van der Waals surface area (Å²) >= 11 is 0. The normalized spacial score (nSPS) is 22.6. The predicted molar refractivity (Wildman–Crippen MR) is 29.0 cm³/mol. The molecule has 0 unspecified atom stereocenters. The van der Waals surface area contributed by atoms with E-state index in [2.05, 4.69) is 6.92 Å². The van der Waals surface area contributed by atoms with E-state index in [-0.39, 0.29) is 0 Å². The maximum atomic E-state index is 10.0. The van der Waals surface area contributed by atoms with Crippen molar-refractivity contribution in [1.82, 2.24) is 0 Å². The van der Waals surface area contributed by atoms with Crippen LogP contribution in [0.2, 0.25) is 0 Å². The third kappa shape index (κ3) is 0.892. The molecule has 2 nitrogen and oxygen atoms in total. The quantitative estimate of drug-likeness (QED) is 0.530. The average Bonchev–Trinajstić information content (AvgIpc) is 2.50. The van der Waals surface area contributed by atoms with Gasteiger partial charge in [-0.3, -0.25) is 4.79 Å². The molecule has 1 saturated carbocycles. The third-order valence-corrected chi connectivity index (χ3v) is 1.27. The van der Waals surface area contributed by atoms with Crippen LogP contribution in [0.5, 0.6) is 0 Å². The largest absolute Gasteiger partial charge is 0.367 e. The highest BCUT2D eigenvalue weighted by atomic mass is 16.5. The average molecular weight is 112 g/mol. The van der Waals surface area contributed by atoms with Gasteiger partial charge in [0.1, 0.15) is 5.60 Å². The summed E-state index contributed by atoms with van der Waals surface area (Å²) < 4.78 is 4.95. The first-order chi connectivity index (χ1) is 3.83. The molecule has 0 aliphatic heterocycles. The van der Waals surface area contributed by atoms with Crippen molar-refractivity contribution >= 4 is 6.29 Å². The van der Waals surface area contributed by atoms with Gasteiger partial charge in [0.05, 0.1) is 0 Å². The molecular formula is C6H8O2. The zero-order valence-electron chi connectivity index (χ0n) is 4.64. The molecule has 0 saturated heterocycles. The first-order valence-corrected chi connectivity index (χ1v) is 2.65. The van der Waals surface area contributed by atoms with Crippen LogP contribution in [0.3, 0.4) is 0 Å². The highest BCUT2D eigenvalue weighted by Crippen LogP contribution is 2.36. The number of rotatable bonds is 3. The Morgan fingerprint density at radius 3 is 2.50 bits per heavy atom. The molecule has 0 amide bonds. The van der Waals surface area contributed by atoms with E-state index in [1.165, 1.54) is 0 Å². The van der Waals surface area contributed by atoms with E-state index in [1.54, 1.807) is 0 Å². The molecule has 0 spiro atoms. The van der Waals surface area contributed by atoms with E-state index in [1.807, 2.05) is 6.29 Å². The van der Waals surface area contributed by atoms with Gasteiger partial charge in [-0.05, 0) is 19.8 Å². The summed E-state index contributed by atoms with van der Waals surface area (Å²) in [5, 5.41) is 0. The van der Waals surface area contributed by atoms with Crippen molar-refractivity contribution in [1.29, 1.82) is 0 Å². The lowest BCUT2D eigenvalue weighted by Crippen LogP contribution is -2.14. The maximum Gasteiger partial charge on any atom is 0.233 e. The smallest absolute Gasteiger partial charge is 0.233 e. The van der Waals surface area contributed by atoms with Gasteiger partial charge in [0.15, 0.2) is 0 Å². The van der Waals surface area contributed by atoms with Gasteiger partial charge in [-0.2, -0.15) is 0 Å². The highest BCUT2D eigenvalue weighted by Gasteiger charge is 2.44. The zero-order valence-corrected chi connectivity index (χ0v) is 4.64. The summed E-state index contributed by atoms with van der Waals surface area (Å²) in [5.74, 6) is 0. The lowest BCUT2D eigenvalue weighted by Gasteiger charge is -2.02. The molecular weight excluding hydrogens is 104 g/mol. The highest BCUT2D eigenvalue weighted by molar-refractivity contribution is 5.67. The van der Waals surface area contributed by atoms with Crippen molar-refractivity contribution in [2.75, 3.05) is 6.61 Å². The summed E-state index contributed by atoms with van der Waals surface area (Å²) in [6.45, 7) is 3.83. The van der Waals surface area contributed by atoms with E-state index in [0.29, 0.717) is 6.61 Å². The first-order valence-electron chi connectivity index (χ1n) is 2.65. The minimum Gasteiger partial charge on any atom is -0.367 e. The fourth-order valence-corrected chi connectivity index (χ4v) is 0.585. The summed E-state index contributed by atoms with van der Waals surface area (Å²) in [4.78, 5) is 10.0. The van der Waals surface area contributed by atoms with Gasteiger partial charge in [0.25, 0.3) is 0 Å². The maximum absolute atomic E-state index is 10.0. The number of hydrogen-bond donors (Lipinski definition) is 0. The Morgan fingerprint density at radius 1 is 1.75 bits per heavy atom. The molecule has 1 aliphatic rings. The Kier molecular flexibility index (Phi) is 1.34. The van der Waals surface area contributed by atoms with Crippen LogP contribution in [0.4, 0.5) is 0 Å². The lowest BCUT2D eigenvalue weighted by molar-refractivity contribution is 0.101. The van der Waals surface area contributed by atoms with Crippen molar-refractivity contribution in [2.45, 2.75) is 18.4 Å². The second-order valence-corrected chi connectivity index (χ2v) is 1.94. The molecule has 1 fully saturated rings. The van der Waals surface area contributed by atoms with Gasteiger partial charge in [-0.1, -0.05) is 0 Å². The molecule has 0 aromatic carbocycles. The number of carbonyl (C=O) groups excluding carboxylic acids is 1. The van der Waals surface area contributed by atoms with Crippen molar-refractivity contribution < 1.29 is 9.53 Å². The SMILES string of the molecule is [CH2]COC1([C]=O)CC1. The van der Waals surface area contributed by atoms with Gasteiger partial charge in [0, 0.05) is 6.61 Å². The first kappa shape index (κ1) is 5.76. The second-order valence-electron chi connectivity index (χ2n) is 1.94. The molecule has 0 aromatic heterocycles. The molecule has 8 heavy (non-hydrogen) atoms. The minimum absolute atomic E-state index is 0.370. The van der Waals surface area contributed by atoms with Crippen molar-refractivity contribution in [3.63, 3.8) is 0 Å². The Labute approximate surface area is 48.8 Å². The van der Waals surface area contributed by atoms with Crippen LogP contribution in [0.15, 0.2) is 0 Å². The van der Waals surface area contributed by atoms with Crippen LogP contribution in [0.1, 0.15) is 12.8 Å². The fraction of sp³-hybridized carbons (Fsp3) is 0.667. The van der Waals surface area contributed by atoms with Crippen LogP contribution >= 0.6 is 0 Å². The predicted octanol–water partition coefficient (Wildman–Crippen LogP) is 0.479. The lowest BCUT2D eigenvalue weighted by atomic mass is 10.4. The molecule has 0 bridgehead atoms. The summed E-state index contributed by atoms with van der Waals surface area (Å²) in [5.41, 5.74) is -0.526. The van der Waals surface area contributed by atoms with Crippen LogP contribution in [0, 0.1) is 6.92 Å². The molecule has 2 heteroatoms. The van der Waals surface area contributed by atoms with Gasteiger partial charge in [-0.15, -0.1) is 0 Å². The number of ether oxygens (including phenoxy) is 1. The van der Waals surface area contributed by atoms with Crippen molar-refractivity contribution in [3.8, 4) is 0 Å². The Morgan fingerprint density at radius 2 is 2.38 bits per heavy atom. The molecule has 2 radical (unpaired) electrons. The minimum atomic E-state index is -0.526. The molecule has 0 N–H and O–H groups in total. The molecule has 44 valence electrons. The fourth-order valence-electron chi connectivity index (χ4n) is 0.585. The number of hydrogen-bond acceptors (Lipinski definition) is 2. The molecule has 0 heterocycles. The Hall–Kier alpha value is -0.370. The molecule has 1 rings (SSSR count). The van der Waals surface area contributed by atoms with Crippen LogP contribution in [-0.4, -0.2) is 18.5 Å². The molecule has 0 aromatic rings. The molecule has 1 aliphatic carbocycles. The summed E-state index contributed by atoms with van der Waals surface area (Å²) in [6, 6.07) is 0. The van der Waals surface area contributed by atoms with Gasteiger partial charge in [0.2, 0.25) is 6.29 Å². The topological polar surface area (TPSA) is 26.3 Å². The van der Waals surface area contributed by atoms with Gasteiger partial charge in [-0.25, -0.2) is 0 Å². The van der Waals surface area contributed by atoms with E-state index < -0.39 is 5.60 Å². The third-order valence-electron chi connectivity index (χ3n) is 1.27. The standard InChI is InChI=1S/C6H8O2/c1-2-8-6(5-7)3-4-6/h1-4H2. The van der Waals surface area contributed by atoms with E-state index in [9.17, 15) is 4.79 Å². The zero-order chi connectivity index (χ0) is 6.04. The monoisotopic (exact) mass is 112 g/mol. The van der Waals surface area contributed by atoms with E-state index in [0.717, 1.165) is 12.8 Å². The van der Waals surface area contributed by atoms with Crippen LogP contribution in [0.25, 0.3) is 0 Å². The van der Waals surface area contributed by atoms with Crippen LogP contribution in [-0.2, 0) is 9.53 Å². The van der Waals surface area contributed by atoms with E-state index in [4.69, 9.17) is 4.74 Å². The van der Waals surface area contributed by atoms with Crippen LogP contribution < -0.4 is 0 Å². The van der Waals surface area contributed by atoms with Crippen molar-refractivity contribution in [3.05, 3.63) is 6.92 Å². The van der Waals surface area contributed by atoms with Gasteiger partial charge >= 0.3 is 0 Å². The van der Waals surface area contributed by atoms with E-state index >= 15 is 0 Å². The Bertz CT molecular complexity index is 94.7.